The lowest BCUT2D eigenvalue weighted by molar-refractivity contribution is 0.237. The molecule has 0 saturated heterocycles. The van der Waals surface area contributed by atoms with Gasteiger partial charge in [0.2, 0.25) is 0 Å². The molecule has 0 spiro atoms. The number of aromatic nitrogens is 1. The van der Waals surface area contributed by atoms with E-state index in [2.05, 4.69) is 15.6 Å². The van der Waals surface area contributed by atoms with Gasteiger partial charge in [-0.3, -0.25) is 0 Å². The maximum absolute atomic E-state index is 11.8. The van der Waals surface area contributed by atoms with Gasteiger partial charge in [0.05, 0.1) is 11.2 Å². The molecule has 0 aliphatic rings. The Labute approximate surface area is 134 Å². The van der Waals surface area contributed by atoms with Crippen LogP contribution >= 0.6 is 11.3 Å². The maximum atomic E-state index is 11.8. The van der Waals surface area contributed by atoms with Crippen molar-refractivity contribution in [3.8, 4) is 0 Å². The summed E-state index contributed by atoms with van der Waals surface area (Å²) in [6.07, 6.45) is 1.36. The number of nitrogens with zero attached hydrogens (tertiary/aromatic N) is 1. The molecule has 1 aromatic carbocycles. The van der Waals surface area contributed by atoms with Crippen LogP contribution in [-0.2, 0) is 6.42 Å². The van der Waals surface area contributed by atoms with Crippen molar-refractivity contribution in [1.82, 2.24) is 15.6 Å². The highest BCUT2D eigenvalue weighted by Gasteiger charge is 2.12. The minimum Gasteiger partial charge on any atom is -0.396 e. The Balaban J connectivity index is 1.73. The molecule has 0 radical (unpaired) electrons. The largest absolute Gasteiger partial charge is 0.396 e. The van der Waals surface area contributed by atoms with Crippen molar-refractivity contribution < 1.29 is 9.90 Å². The summed E-state index contributed by atoms with van der Waals surface area (Å²) >= 11 is 1.55. The van der Waals surface area contributed by atoms with Gasteiger partial charge >= 0.3 is 6.03 Å². The van der Waals surface area contributed by atoms with Gasteiger partial charge < -0.3 is 15.7 Å². The Bertz CT molecular complexity index is 546. The molecule has 0 aliphatic heterocycles. The van der Waals surface area contributed by atoms with Crippen LogP contribution in [0, 0.1) is 0 Å². The highest BCUT2D eigenvalue weighted by molar-refractivity contribution is 7.07. The number of aliphatic hydroxyl groups excluding tert-OH is 1. The van der Waals surface area contributed by atoms with Gasteiger partial charge in [-0.15, -0.1) is 11.3 Å². The van der Waals surface area contributed by atoms with Gasteiger partial charge in [-0.1, -0.05) is 30.3 Å². The normalized spacial score (nSPS) is 11.9. The highest BCUT2D eigenvalue weighted by atomic mass is 32.1. The zero-order chi connectivity index (χ0) is 15.6. The summed E-state index contributed by atoms with van der Waals surface area (Å²) in [5.41, 5.74) is 3.90. The number of hydrogen-bond acceptors (Lipinski definition) is 4. The van der Waals surface area contributed by atoms with E-state index in [-0.39, 0.29) is 18.6 Å². The summed E-state index contributed by atoms with van der Waals surface area (Å²) in [5, 5.41) is 16.8. The summed E-state index contributed by atoms with van der Waals surface area (Å²) in [6.45, 7) is 1.17. The van der Waals surface area contributed by atoms with Crippen LogP contribution in [0.15, 0.2) is 41.2 Å². The number of thiazole rings is 1. The second kappa shape index (κ2) is 9.17. The van der Waals surface area contributed by atoms with E-state index in [4.69, 9.17) is 0 Å². The molecule has 2 rings (SSSR count). The zero-order valence-corrected chi connectivity index (χ0v) is 13.2. The van der Waals surface area contributed by atoms with Gasteiger partial charge in [-0.05, 0) is 12.0 Å². The van der Waals surface area contributed by atoms with Gasteiger partial charge in [-0.25, -0.2) is 9.78 Å². The van der Waals surface area contributed by atoms with Crippen LogP contribution in [0.25, 0.3) is 0 Å². The fourth-order valence-corrected chi connectivity index (χ4v) is 2.80. The monoisotopic (exact) mass is 319 g/mol. The molecule has 1 aromatic heterocycles. The second-order valence-corrected chi connectivity index (χ2v) is 5.71. The number of aliphatic hydroxyl groups is 1. The molecule has 1 heterocycles. The third-order valence-electron chi connectivity index (χ3n) is 3.41. The molecule has 0 bridgehead atoms. The third-order valence-corrected chi connectivity index (χ3v) is 4.04. The molecule has 22 heavy (non-hydrogen) atoms. The lowest BCUT2D eigenvalue weighted by Crippen LogP contribution is -2.38. The molecule has 118 valence electrons. The number of rotatable bonds is 8. The maximum Gasteiger partial charge on any atom is 0.314 e. The van der Waals surface area contributed by atoms with E-state index in [1.165, 1.54) is 0 Å². The smallest absolute Gasteiger partial charge is 0.314 e. The molecule has 1 atom stereocenters. The molecule has 3 N–H and O–H groups in total. The van der Waals surface area contributed by atoms with Crippen LogP contribution < -0.4 is 10.6 Å². The summed E-state index contributed by atoms with van der Waals surface area (Å²) in [6, 6.07) is 9.73. The van der Waals surface area contributed by atoms with Crippen molar-refractivity contribution in [2.24, 2.45) is 0 Å². The lowest BCUT2D eigenvalue weighted by atomic mass is 9.96. The molecule has 1 unspecified atom stereocenters. The average molecular weight is 319 g/mol. The first-order chi connectivity index (χ1) is 10.8. The van der Waals surface area contributed by atoms with Crippen LogP contribution in [-0.4, -0.2) is 35.8 Å². The molecular formula is C16H21N3O2S. The Kier molecular flexibility index (Phi) is 6.86. The topological polar surface area (TPSA) is 74.2 Å². The summed E-state index contributed by atoms with van der Waals surface area (Å²) < 4.78 is 0. The van der Waals surface area contributed by atoms with E-state index in [0.717, 1.165) is 17.7 Å². The van der Waals surface area contributed by atoms with Crippen LogP contribution in [0.4, 0.5) is 4.79 Å². The van der Waals surface area contributed by atoms with Crippen LogP contribution in [0.3, 0.4) is 0 Å². The molecular weight excluding hydrogens is 298 g/mol. The Morgan fingerprint density at radius 3 is 2.77 bits per heavy atom. The van der Waals surface area contributed by atoms with Crippen LogP contribution in [0.2, 0.25) is 0 Å². The number of benzene rings is 1. The number of amides is 2. The predicted molar refractivity (Wildman–Crippen MR) is 88.1 cm³/mol. The number of urea groups is 1. The molecule has 2 amide bonds. The summed E-state index contributed by atoms with van der Waals surface area (Å²) in [7, 11) is 0. The average Bonchev–Trinajstić information content (AvgIpc) is 3.05. The standard InChI is InChI=1S/C16H21N3O2S/c20-9-7-14(13-4-2-1-3-5-13)10-18-16(21)17-8-6-15-11-22-12-19-15/h1-5,11-12,14,20H,6-10H2,(H2,17,18,21). The summed E-state index contributed by atoms with van der Waals surface area (Å²) in [5.74, 6) is 0.121. The van der Waals surface area contributed by atoms with Gasteiger partial charge in [0.1, 0.15) is 0 Å². The highest BCUT2D eigenvalue weighted by Crippen LogP contribution is 2.17. The van der Waals surface area contributed by atoms with E-state index < -0.39 is 0 Å². The molecule has 2 aromatic rings. The second-order valence-electron chi connectivity index (χ2n) is 4.99. The van der Waals surface area contributed by atoms with E-state index in [9.17, 15) is 9.90 Å². The first-order valence-electron chi connectivity index (χ1n) is 7.34. The van der Waals surface area contributed by atoms with Crippen LogP contribution in [0.1, 0.15) is 23.6 Å². The number of carbonyl (C=O) groups excluding carboxylic acids is 1. The third kappa shape index (κ3) is 5.46. The van der Waals surface area contributed by atoms with Crippen molar-refractivity contribution in [1.29, 1.82) is 0 Å². The number of hydrogen-bond donors (Lipinski definition) is 3. The Hall–Kier alpha value is -1.92. The van der Waals surface area contributed by atoms with Crippen molar-refractivity contribution in [3.05, 3.63) is 52.5 Å². The van der Waals surface area contributed by atoms with E-state index in [1.807, 2.05) is 35.7 Å². The van der Waals surface area contributed by atoms with E-state index in [0.29, 0.717) is 19.5 Å². The van der Waals surface area contributed by atoms with Gasteiger partial charge in [0.15, 0.2) is 0 Å². The van der Waals surface area contributed by atoms with Gasteiger partial charge in [-0.2, -0.15) is 0 Å². The quantitative estimate of drug-likeness (QED) is 0.698. The van der Waals surface area contributed by atoms with Crippen molar-refractivity contribution in [2.75, 3.05) is 19.7 Å². The molecule has 5 nitrogen and oxygen atoms in total. The molecule has 0 saturated carbocycles. The molecule has 0 aliphatic carbocycles. The minimum atomic E-state index is -0.186. The lowest BCUT2D eigenvalue weighted by Gasteiger charge is -2.17. The van der Waals surface area contributed by atoms with E-state index >= 15 is 0 Å². The number of carbonyl (C=O) groups is 1. The fourth-order valence-electron chi connectivity index (χ4n) is 2.21. The first-order valence-corrected chi connectivity index (χ1v) is 8.28. The fraction of sp³-hybridized carbons (Fsp3) is 0.375. The first kappa shape index (κ1) is 16.5. The summed E-state index contributed by atoms with van der Waals surface area (Å²) in [4.78, 5) is 16.0. The Morgan fingerprint density at radius 1 is 1.27 bits per heavy atom. The van der Waals surface area contributed by atoms with Crippen LogP contribution in [0.5, 0.6) is 0 Å². The zero-order valence-electron chi connectivity index (χ0n) is 12.4. The van der Waals surface area contributed by atoms with Crippen molar-refractivity contribution >= 4 is 17.4 Å². The Morgan fingerprint density at radius 2 is 2.09 bits per heavy atom. The number of nitrogens with one attached hydrogen (secondary N) is 2. The SMILES string of the molecule is O=C(NCCc1cscn1)NCC(CCO)c1ccccc1. The minimum absolute atomic E-state index is 0.104. The molecule has 0 fully saturated rings. The van der Waals surface area contributed by atoms with Gasteiger partial charge in [0, 0.05) is 37.4 Å². The van der Waals surface area contributed by atoms with E-state index in [1.54, 1.807) is 16.8 Å². The predicted octanol–water partition coefficient (Wildman–Crippen LogP) is 2.15. The van der Waals surface area contributed by atoms with Crippen molar-refractivity contribution in [2.45, 2.75) is 18.8 Å². The molecule has 6 heteroatoms. The van der Waals surface area contributed by atoms with Gasteiger partial charge in [0.25, 0.3) is 0 Å². The van der Waals surface area contributed by atoms with Crippen molar-refractivity contribution in [3.63, 3.8) is 0 Å².